The lowest BCUT2D eigenvalue weighted by atomic mass is 10.1. The minimum absolute atomic E-state index is 0.490. The fraction of sp³-hybridized carbons (Fsp3) is 0.933. The van der Waals surface area contributed by atoms with Crippen molar-refractivity contribution in [3.8, 4) is 0 Å². The Labute approximate surface area is 112 Å². The molecule has 0 amide bonds. The van der Waals surface area contributed by atoms with Gasteiger partial charge in [-0.3, -0.25) is 0 Å². The summed E-state index contributed by atoms with van der Waals surface area (Å²) in [6.07, 6.45) is 11.3. The first-order valence-electron chi connectivity index (χ1n) is 7.60. The number of hydrogen-bond acceptors (Lipinski definition) is 3. The van der Waals surface area contributed by atoms with Gasteiger partial charge >= 0.3 is 6.16 Å². The van der Waals surface area contributed by atoms with E-state index < -0.39 is 6.16 Å². The number of hydrogen-bond donors (Lipinski definition) is 0. The maximum Gasteiger partial charge on any atom is 0.508 e. The third-order valence-electron chi connectivity index (χ3n) is 2.94. The van der Waals surface area contributed by atoms with Gasteiger partial charge in [0.15, 0.2) is 0 Å². The van der Waals surface area contributed by atoms with Crippen LogP contribution in [-0.2, 0) is 9.47 Å². The van der Waals surface area contributed by atoms with Crippen LogP contribution in [0.4, 0.5) is 4.79 Å². The van der Waals surface area contributed by atoms with Gasteiger partial charge in [-0.15, -0.1) is 0 Å². The molecule has 0 unspecified atom stereocenters. The van der Waals surface area contributed by atoms with Crippen LogP contribution in [0.1, 0.15) is 78.1 Å². The molecule has 0 aromatic carbocycles. The van der Waals surface area contributed by atoms with Crippen molar-refractivity contribution in [2.24, 2.45) is 0 Å². The Hall–Kier alpha value is -0.730. The van der Waals surface area contributed by atoms with Gasteiger partial charge in [-0.25, -0.2) is 4.79 Å². The summed E-state index contributed by atoms with van der Waals surface area (Å²) in [5.74, 6) is 0. The van der Waals surface area contributed by atoms with Crippen molar-refractivity contribution >= 4 is 6.16 Å². The van der Waals surface area contributed by atoms with E-state index in [1.165, 1.54) is 32.1 Å². The molecule has 108 valence electrons. The minimum atomic E-state index is -0.503. The van der Waals surface area contributed by atoms with E-state index in [1.807, 2.05) is 0 Å². The van der Waals surface area contributed by atoms with Crippen LogP contribution in [0.3, 0.4) is 0 Å². The highest BCUT2D eigenvalue weighted by molar-refractivity contribution is 5.59. The summed E-state index contributed by atoms with van der Waals surface area (Å²) in [5.41, 5.74) is 0. The third kappa shape index (κ3) is 13.3. The van der Waals surface area contributed by atoms with E-state index in [0.717, 1.165) is 32.1 Å². The molecule has 0 saturated heterocycles. The van der Waals surface area contributed by atoms with Crippen molar-refractivity contribution in [2.45, 2.75) is 78.1 Å². The summed E-state index contributed by atoms with van der Waals surface area (Å²) in [5, 5.41) is 0. The summed E-state index contributed by atoms with van der Waals surface area (Å²) in [6, 6.07) is 0. The van der Waals surface area contributed by atoms with Gasteiger partial charge < -0.3 is 9.47 Å². The molecule has 0 saturated carbocycles. The highest BCUT2D eigenvalue weighted by atomic mass is 16.7. The van der Waals surface area contributed by atoms with Crippen molar-refractivity contribution < 1.29 is 14.3 Å². The first kappa shape index (κ1) is 17.3. The van der Waals surface area contributed by atoms with E-state index in [1.54, 1.807) is 0 Å². The SMILES string of the molecule is CCCCCCCCCOC(=O)OCCCCC. The Morgan fingerprint density at radius 1 is 0.667 bits per heavy atom. The lowest BCUT2D eigenvalue weighted by Crippen LogP contribution is -2.09. The molecule has 0 N–H and O–H groups in total. The molecule has 3 heteroatoms. The van der Waals surface area contributed by atoms with Crippen LogP contribution in [0.2, 0.25) is 0 Å². The van der Waals surface area contributed by atoms with Gasteiger partial charge in [0.2, 0.25) is 0 Å². The topological polar surface area (TPSA) is 35.5 Å². The molecule has 0 aromatic heterocycles. The lowest BCUT2D eigenvalue weighted by molar-refractivity contribution is 0.0530. The van der Waals surface area contributed by atoms with Crippen LogP contribution in [0, 0.1) is 0 Å². The van der Waals surface area contributed by atoms with Gasteiger partial charge in [0.05, 0.1) is 13.2 Å². The Morgan fingerprint density at radius 3 is 1.61 bits per heavy atom. The number of rotatable bonds is 12. The molecule has 0 heterocycles. The molecule has 0 radical (unpaired) electrons. The van der Waals surface area contributed by atoms with E-state index in [0.29, 0.717) is 13.2 Å². The Bertz CT molecular complexity index is 181. The smallest absolute Gasteiger partial charge is 0.434 e. The largest absolute Gasteiger partial charge is 0.508 e. The Morgan fingerprint density at radius 2 is 1.06 bits per heavy atom. The van der Waals surface area contributed by atoms with Crippen molar-refractivity contribution in [2.75, 3.05) is 13.2 Å². The highest BCUT2D eigenvalue weighted by Gasteiger charge is 2.02. The standard InChI is InChI=1S/C15H30O3/c1-3-5-7-8-9-10-12-14-18-15(16)17-13-11-6-4-2/h3-14H2,1-2H3. The van der Waals surface area contributed by atoms with Gasteiger partial charge in [-0.1, -0.05) is 65.2 Å². The van der Waals surface area contributed by atoms with Crippen LogP contribution in [0.5, 0.6) is 0 Å². The second-order valence-corrected chi connectivity index (χ2v) is 4.78. The minimum Gasteiger partial charge on any atom is -0.434 e. The summed E-state index contributed by atoms with van der Waals surface area (Å²) < 4.78 is 9.93. The number of unbranched alkanes of at least 4 members (excludes halogenated alkanes) is 8. The van der Waals surface area contributed by atoms with Crippen LogP contribution in [-0.4, -0.2) is 19.4 Å². The van der Waals surface area contributed by atoms with E-state index >= 15 is 0 Å². The maximum absolute atomic E-state index is 11.1. The van der Waals surface area contributed by atoms with E-state index in [-0.39, 0.29) is 0 Å². The molecular weight excluding hydrogens is 228 g/mol. The van der Waals surface area contributed by atoms with Crippen molar-refractivity contribution in [1.29, 1.82) is 0 Å². The third-order valence-corrected chi connectivity index (χ3v) is 2.94. The van der Waals surface area contributed by atoms with Gasteiger partial charge in [0.1, 0.15) is 0 Å². The van der Waals surface area contributed by atoms with Crippen molar-refractivity contribution in [3.63, 3.8) is 0 Å². The molecule has 0 atom stereocenters. The first-order valence-corrected chi connectivity index (χ1v) is 7.60. The zero-order valence-electron chi connectivity index (χ0n) is 12.2. The average molecular weight is 258 g/mol. The molecule has 0 aliphatic heterocycles. The highest BCUT2D eigenvalue weighted by Crippen LogP contribution is 2.07. The zero-order valence-corrected chi connectivity index (χ0v) is 12.2. The number of carbonyl (C=O) groups excluding carboxylic acids is 1. The normalized spacial score (nSPS) is 10.3. The Kier molecular flexibility index (Phi) is 13.8. The van der Waals surface area contributed by atoms with Crippen molar-refractivity contribution in [1.82, 2.24) is 0 Å². The summed E-state index contributed by atoms with van der Waals surface area (Å²) >= 11 is 0. The van der Waals surface area contributed by atoms with Gasteiger partial charge in [-0.2, -0.15) is 0 Å². The lowest BCUT2D eigenvalue weighted by Gasteiger charge is -2.05. The van der Waals surface area contributed by atoms with Gasteiger partial charge in [-0.05, 0) is 12.8 Å². The molecule has 18 heavy (non-hydrogen) atoms. The molecule has 0 fully saturated rings. The molecular formula is C15H30O3. The van der Waals surface area contributed by atoms with Crippen LogP contribution in [0.15, 0.2) is 0 Å². The molecule has 0 aliphatic carbocycles. The van der Waals surface area contributed by atoms with E-state index in [9.17, 15) is 4.79 Å². The maximum atomic E-state index is 11.1. The van der Waals surface area contributed by atoms with E-state index in [2.05, 4.69) is 13.8 Å². The average Bonchev–Trinajstić information content (AvgIpc) is 2.38. The number of carbonyl (C=O) groups is 1. The van der Waals surface area contributed by atoms with E-state index in [4.69, 9.17) is 9.47 Å². The van der Waals surface area contributed by atoms with Crippen LogP contribution >= 0.6 is 0 Å². The van der Waals surface area contributed by atoms with Gasteiger partial charge in [0, 0.05) is 0 Å². The Balaban J connectivity index is 3.10. The summed E-state index contributed by atoms with van der Waals surface area (Å²) in [6.45, 7) is 5.34. The fourth-order valence-corrected chi connectivity index (χ4v) is 1.76. The molecule has 0 aromatic rings. The molecule has 0 aliphatic rings. The molecule has 0 spiro atoms. The number of ether oxygens (including phenoxy) is 2. The monoisotopic (exact) mass is 258 g/mol. The zero-order chi connectivity index (χ0) is 13.5. The second-order valence-electron chi connectivity index (χ2n) is 4.78. The quantitative estimate of drug-likeness (QED) is 0.362. The second kappa shape index (κ2) is 14.3. The molecule has 0 bridgehead atoms. The van der Waals surface area contributed by atoms with Gasteiger partial charge in [0.25, 0.3) is 0 Å². The first-order chi connectivity index (χ1) is 8.81. The summed E-state index contributed by atoms with van der Waals surface area (Å²) in [7, 11) is 0. The predicted molar refractivity (Wildman–Crippen MR) is 74.8 cm³/mol. The summed E-state index contributed by atoms with van der Waals surface area (Å²) in [4.78, 5) is 11.1. The van der Waals surface area contributed by atoms with Crippen LogP contribution in [0.25, 0.3) is 0 Å². The van der Waals surface area contributed by atoms with Crippen LogP contribution < -0.4 is 0 Å². The predicted octanol–water partition coefficient (Wildman–Crippen LogP) is 5.08. The molecule has 3 nitrogen and oxygen atoms in total. The fourth-order valence-electron chi connectivity index (χ4n) is 1.76. The van der Waals surface area contributed by atoms with Crippen molar-refractivity contribution in [3.05, 3.63) is 0 Å². The molecule has 0 rings (SSSR count).